The number of carbonyl (C=O) groups is 1. The van der Waals surface area contributed by atoms with Crippen LogP contribution in [-0.2, 0) is 21.1 Å². The molecular weight excluding hydrogens is 296 g/mol. The first-order valence-corrected chi connectivity index (χ1v) is 8.53. The van der Waals surface area contributed by atoms with E-state index in [1.165, 1.54) is 17.8 Å². The van der Waals surface area contributed by atoms with Gasteiger partial charge in [0.1, 0.15) is 0 Å². The second kappa shape index (κ2) is 5.95. The maximum Gasteiger partial charge on any atom is 0.303 e. The minimum absolute atomic E-state index is 0.0574. The van der Waals surface area contributed by atoms with Crippen LogP contribution in [0.2, 0.25) is 5.02 Å². The molecule has 100 valence electrons. The molecule has 0 aliphatic rings. The van der Waals surface area contributed by atoms with E-state index in [1.807, 2.05) is 0 Å². The Labute approximate surface area is 115 Å². The molecule has 0 bridgehead atoms. The number of carboxylic acids is 1. The van der Waals surface area contributed by atoms with Crippen LogP contribution in [0.1, 0.15) is 12.0 Å². The van der Waals surface area contributed by atoms with E-state index in [0.29, 0.717) is 15.5 Å². The Morgan fingerprint density at radius 2 is 2.06 bits per heavy atom. The van der Waals surface area contributed by atoms with E-state index in [0.717, 1.165) is 6.26 Å². The molecule has 0 saturated carbocycles. The molecule has 1 aromatic carbocycles. The molecule has 0 aliphatic carbocycles. The first-order chi connectivity index (χ1) is 8.25. The van der Waals surface area contributed by atoms with Crippen molar-refractivity contribution in [2.45, 2.75) is 22.6 Å². The van der Waals surface area contributed by atoms with Gasteiger partial charge in [-0.05, 0) is 30.4 Å². The third-order valence-corrected chi connectivity index (χ3v) is 4.81. The number of halogens is 1. The van der Waals surface area contributed by atoms with Gasteiger partial charge in [0.2, 0.25) is 0 Å². The van der Waals surface area contributed by atoms with Gasteiger partial charge in [-0.1, -0.05) is 11.6 Å². The second-order valence-electron chi connectivity index (χ2n) is 3.77. The zero-order chi connectivity index (χ0) is 13.9. The van der Waals surface area contributed by atoms with Crippen molar-refractivity contribution in [3.63, 3.8) is 0 Å². The van der Waals surface area contributed by atoms with Crippen LogP contribution in [-0.4, -0.2) is 32.0 Å². The fourth-order valence-electron chi connectivity index (χ4n) is 1.49. The van der Waals surface area contributed by atoms with E-state index in [9.17, 15) is 13.2 Å². The fourth-order valence-corrected chi connectivity index (χ4v) is 4.05. The molecule has 0 radical (unpaired) electrons. The molecule has 0 aromatic heterocycles. The van der Waals surface area contributed by atoms with Crippen LogP contribution < -0.4 is 0 Å². The molecule has 1 aromatic rings. The van der Waals surface area contributed by atoms with Gasteiger partial charge in [-0.25, -0.2) is 8.42 Å². The summed E-state index contributed by atoms with van der Waals surface area (Å²) in [5, 5.41) is 8.96. The molecule has 0 atom stereocenters. The molecule has 4 nitrogen and oxygen atoms in total. The van der Waals surface area contributed by atoms with Gasteiger partial charge in [0.05, 0.1) is 9.92 Å². The number of carboxylic acid groups (broad SMARTS) is 1. The number of hydrogen-bond acceptors (Lipinski definition) is 4. The van der Waals surface area contributed by atoms with Crippen molar-refractivity contribution in [2.75, 3.05) is 12.5 Å². The van der Waals surface area contributed by atoms with Crippen LogP contribution in [0.4, 0.5) is 0 Å². The van der Waals surface area contributed by atoms with Crippen LogP contribution in [0, 0.1) is 0 Å². The van der Waals surface area contributed by atoms with Gasteiger partial charge in [-0.15, -0.1) is 11.8 Å². The molecule has 1 N–H and O–H groups in total. The standard InChI is InChI=1S/C11H13ClO4S2/c1-17-11-8(12)5-7(3-4-10(13)14)6-9(11)18(2,15)16/h5-6H,3-4H2,1-2H3,(H,13,14). The van der Waals surface area contributed by atoms with Crippen molar-refractivity contribution in [1.82, 2.24) is 0 Å². The number of benzene rings is 1. The number of aliphatic carboxylic acids is 1. The predicted octanol–water partition coefficient (Wildman–Crippen LogP) is 2.48. The van der Waals surface area contributed by atoms with E-state index in [-0.39, 0.29) is 17.7 Å². The second-order valence-corrected chi connectivity index (χ2v) is 6.98. The summed E-state index contributed by atoms with van der Waals surface area (Å²) in [5.41, 5.74) is 0.612. The average Bonchev–Trinajstić information content (AvgIpc) is 2.24. The zero-order valence-electron chi connectivity index (χ0n) is 9.94. The van der Waals surface area contributed by atoms with Crippen molar-refractivity contribution >= 4 is 39.2 Å². The highest BCUT2D eigenvalue weighted by atomic mass is 35.5. The number of aryl methyl sites for hydroxylation is 1. The van der Waals surface area contributed by atoms with Crippen molar-refractivity contribution < 1.29 is 18.3 Å². The lowest BCUT2D eigenvalue weighted by Gasteiger charge is -2.10. The van der Waals surface area contributed by atoms with Gasteiger partial charge in [0, 0.05) is 17.6 Å². The van der Waals surface area contributed by atoms with E-state index >= 15 is 0 Å². The molecule has 0 unspecified atom stereocenters. The predicted molar refractivity (Wildman–Crippen MR) is 72.3 cm³/mol. The molecule has 0 spiro atoms. The Bertz CT molecular complexity index is 567. The zero-order valence-corrected chi connectivity index (χ0v) is 12.3. The Morgan fingerprint density at radius 1 is 1.44 bits per heavy atom. The first kappa shape index (κ1) is 15.3. The molecule has 0 aliphatic heterocycles. The maximum absolute atomic E-state index is 11.7. The monoisotopic (exact) mass is 308 g/mol. The van der Waals surface area contributed by atoms with Crippen LogP contribution in [0.5, 0.6) is 0 Å². The van der Waals surface area contributed by atoms with Crippen LogP contribution in [0.15, 0.2) is 21.9 Å². The van der Waals surface area contributed by atoms with Crippen molar-refractivity contribution in [1.29, 1.82) is 0 Å². The number of thioether (sulfide) groups is 1. The lowest BCUT2D eigenvalue weighted by Crippen LogP contribution is -2.03. The molecule has 7 heteroatoms. The van der Waals surface area contributed by atoms with E-state index in [4.69, 9.17) is 16.7 Å². The summed E-state index contributed by atoms with van der Waals surface area (Å²) in [7, 11) is -3.38. The summed E-state index contributed by atoms with van der Waals surface area (Å²) in [4.78, 5) is 11.2. The molecule has 18 heavy (non-hydrogen) atoms. The van der Waals surface area contributed by atoms with Gasteiger partial charge in [-0.2, -0.15) is 0 Å². The third kappa shape index (κ3) is 3.90. The summed E-state index contributed by atoms with van der Waals surface area (Å²) in [6.07, 6.45) is 3.05. The Hall–Kier alpha value is -0.720. The number of hydrogen-bond donors (Lipinski definition) is 1. The van der Waals surface area contributed by atoms with Gasteiger partial charge >= 0.3 is 5.97 Å². The fraction of sp³-hybridized carbons (Fsp3) is 0.364. The van der Waals surface area contributed by atoms with Gasteiger partial charge in [0.25, 0.3) is 0 Å². The minimum atomic E-state index is -3.38. The SMILES string of the molecule is CSc1c(Cl)cc(CCC(=O)O)cc1S(C)(=O)=O. The summed E-state index contributed by atoms with van der Waals surface area (Å²) >= 11 is 7.28. The maximum atomic E-state index is 11.7. The lowest BCUT2D eigenvalue weighted by atomic mass is 10.1. The van der Waals surface area contributed by atoms with Crippen LogP contribution in [0.3, 0.4) is 0 Å². The number of sulfone groups is 1. The van der Waals surface area contributed by atoms with Crippen LogP contribution in [0.25, 0.3) is 0 Å². The van der Waals surface area contributed by atoms with Crippen LogP contribution >= 0.6 is 23.4 Å². The highest BCUT2D eigenvalue weighted by molar-refractivity contribution is 7.99. The van der Waals surface area contributed by atoms with Crippen molar-refractivity contribution in [2.24, 2.45) is 0 Å². The summed E-state index contributed by atoms with van der Waals surface area (Å²) in [6, 6.07) is 3.11. The molecule has 0 saturated heterocycles. The molecule has 0 amide bonds. The molecule has 0 fully saturated rings. The normalized spacial score (nSPS) is 11.5. The highest BCUT2D eigenvalue weighted by Crippen LogP contribution is 2.33. The molecule has 0 heterocycles. The Kier molecular flexibility index (Phi) is 5.07. The molecular formula is C11H13ClO4S2. The largest absolute Gasteiger partial charge is 0.481 e. The van der Waals surface area contributed by atoms with Crippen molar-refractivity contribution in [3.05, 3.63) is 22.7 Å². The summed E-state index contributed by atoms with van der Waals surface area (Å²) < 4.78 is 23.3. The van der Waals surface area contributed by atoms with E-state index in [1.54, 1.807) is 12.3 Å². The summed E-state index contributed by atoms with van der Waals surface area (Å²) in [6.45, 7) is 0. The van der Waals surface area contributed by atoms with Crippen molar-refractivity contribution in [3.8, 4) is 0 Å². The topological polar surface area (TPSA) is 71.4 Å². The minimum Gasteiger partial charge on any atom is -0.481 e. The van der Waals surface area contributed by atoms with E-state index in [2.05, 4.69) is 0 Å². The van der Waals surface area contributed by atoms with Gasteiger partial charge < -0.3 is 5.11 Å². The quantitative estimate of drug-likeness (QED) is 0.846. The Morgan fingerprint density at radius 3 is 2.50 bits per heavy atom. The average molecular weight is 309 g/mol. The van der Waals surface area contributed by atoms with E-state index < -0.39 is 15.8 Å². The summed E-state index contributed by atoms with van der Waals surface area (Å²) in [5.74, 6) is -0.930. The third-order valence-electron chi connectivity index (χ3n) is 2.30. The van der Waals surface area contributed by atoms with Gasteiger partial charge in [0.15, 0.2) is 9.84 Å². The number of rotatable bonds is 5. The molecule has 1 rings (SSSR count). The van der Waals surface area contributed by atoms with Gasteiger partial charge in [-0.3, -0.25) is 4.79 Å². The Balaban J connectivity index is 3.27. The smallest absolute Gasteiger partial charge is 0.303 e. The first-order valence-electron chi connectivity index (χ1n) is 5.04. The highest BCUT2D eigenvalue weighted by Gasteiger charge is 2.17. The lowest BCUT2D eigenvalue weighted by molar-refractivity contribution is -0.136.